The topological polar surface area (TPSA) is 44.9 Å². The van der Waals surface area contributed by atoms with Gasteiger partial charge in [0.05, 0.1) is 6.20 Å². The fourth-order valence-electron chi connectivity index (χ4n) is 7.39. The number of benzene rings is 4. The van der Waals surface area contributed by atoms with Crippen molar-refractivity contribution in [2.45, 2.75) is 92.9 Å². The third kappa shape index (κ3) is 7.13. The number of hydrogen-bond donors (Lipinski definition) is 0. The van der Waals surface area contributed by atoms with Gasteiger partial charge in [-0.2, -0.15) is 17.2 Å². The molecule has 0 fully saturated rings. The Kier molecular flexibility index (Phi) is 11.5. The van der Waals surface area contributed by atoms with E-state index in [0.717, 1.165) is 46.2 Å². The average Bonchev–Trinajstić information content (AvgIpc) is 3.76. The first-order valence-electron chi connectivity index (χ1n) is 18.6. The number of fused-ring (bicyclic) bond motifs is 3. The van der Waals surface area contributed by atoms with E-state index in [2.05, 4.69) is 114 Å². The summed E-state index contributed by atoms with van der Waals surface area (Å²) >= 11 is 0. The van der Waals surface area contributed by atoms with Gasteiger partial charge in [0.15, 0.2) is 0 Å². The maximum absolute atomic E-state index is 6.47. The van der Waals surface area contributed by atoms with Crippen LogP contribution in [0.15, 0.2) is 85.3 Å². The molecule has 0 amide bonds. The molecule has 0 bridgehead atoms. The minimum atomic E-state index is 0. The summed E-state index contributed by atoms with van der Waals surface area (Å²) in [5, 5.41) is 7.14. The van der Waals surface area contributed by atoms with Crippen molar-refractivity contribution in [1.82, 2.24) is 19.3 Å². The van der Waals surface area contributed by atoms with Crippen LogP contribution in [0.2, 0.25) is 0 Å². The smallest absolute Gasteiger partial charge is 0.509 e. The molecule has 3 heterocycles. The molecule has 5 nitrogen and oxygen atoms in total. The van der Waals surface area contributed by atoms with Crippen molar-refractivity contribution in [2.24, 2.45) is 0 Å². The second-order valence-corrected chi connectivity index (χ2v) is 14.1. The minimum Gasteiger partial charge on any atom is -0.509 e. The van der Waals surface area contributed by atoms with Crippen molar-refractivity contribution >= 4 is 21.8 Å². The van der Waals surface area contributed by atoms with Crippen molar-refractivity contribution in [1.29, 1.82) is 0 Å². The molecule has 0 unspecified atom stereocenters. The second-order valence-electron chi connectivity index (χ2n) is 14.1. The van der Waals surface area contributed by atoms with Crippen molar-refractivity contribution < 1.29 is 25.8 Å². The van der Waals surface area contributed by atoms with Gasteiger partial charge in [0, 0.05) is 35.0 Å². The molecule has 0 aliphatic rings. The van der Waals surface area contributed by atoms with Crippen LogP contribution in [0, 0.1) is 32.9 Å². The Morgan fingerprint density at radius 3 is 2.19 bits per heavy atom. The number of aromatic nitrogens is 4. The number of ether oxygens (including phenoxy) is 1. The second kappa shape index (κ2) is 16.0. The summed E-state index contributed by atoms with van der Waals surface area (Å²) in [4.78, 5) is 4.79. The predicted octanol–water partition coefficient (Wildman–Crippen LogP) is 12.2. The number of unbranched alkanes of at least 4 members (excludes halogenated alkanes) is 2. The van der Waals surface area contributed by atoms with E-state index in [-0.39, 0.29) is 21.1 Å². The molecular formula is C46H48N4OPt. The van der Waals surface area contributed by atoms with Crippen molar-refractivity contribution in [3.63, 3.8) is 0 Å². The normalized spacial score (nSPS) is 11.5. The summed E-state index contributed by atoms with van der Waals surface area (Å²) in [6, 6.07) is 29.9. The monoisotopic (exact) mass is 867 g/mol. The standard InChI is InChI=1S/C46H48N4O.Pt/c1-8-10-17-39-32(6)31(5)33(7)40(18-11-9-2)46(39)35-28-48-49(29-35)36-15-14-16-37(26-36)51-38-21-22-42-41-19-12-13-20-43(41)50(44(42)27-38)45-25-34(30(3)4)23-24-47-45;/h12-16,19-25,28-30H,8-11,17-18H2,1-7H3;/q-2;+2. The number of hydrogen-bond acceptors (Lipinski definition) is 3. The Morgan fingerprint density at radius 1 is 0.769 bits per heavy atom. The van der Waals surface area contributed by atoms with Crippen LogP contribution < -0.4 is 4.74 Å². The molecule has 0 N–H and O–H groups in total. The van der Waals surface area contributed by atoms with E-state index in [0.29, 0.717) is 17.4 Å². The SMILES string of the molecule is CCCCc1c(C)c(C)c(C)c(CCCC)c1-c1cnn(-c2[c-]c(Oc3[c-]c4c(cc3)c3ccccc3n4-c3cc(C(C)C)ccn3)ccc2)c1.[Pt+2]. The summed E-state index contributed by atoms with van der Waals surface area (Å²) in [5.41, 5.74) is 13.8. The van der Waals surface area contributed by atoms with Gasteiger partial charge in [0.2, 0.25) is 0 Å². The summed E-state index contributed by atoms with van der Waals surface area (Å²) < 4.78 is 10.6. The molecule has 7 rings (SSSR count). The maximum Gasteiger partial charge on any atom is 2.00 e. The van der Waals surface area contributed by atoms with Gasteiger partial charge < -0.3 is 9.30 Å². The van der Waals surface area contributed by atoms with Crippen LogP contribution in [0.25, 0.3) is 44.4 Å². The van der Waals surface area contributed by atoms with Gasteiger partial charge in [-0.25, -0.2) is 4.98 Å². The third-order valence-corrected chi connectivity index (χ3v) is 10.5. The first-order valence-corrected chi connectivity index (χ1v) is 18.6. The fourth-order valence-corrected chi connectivity index (χ4v) is 7.39. The predicted molar refractivity (Wildman–Crippen MR) is 211 cm³/mol. The van der Waals surface area contributed by atoms with Crippen LogP contribution in [0.3, 0.4) is 0 Å². The van der Waals surface area contributed by atoms with E-state index < -0.39 is 0 Å². The molecule has 0 atom stereocenters. The van der Waals surface area contributed by atoms with Gasteiger partial charge in [-0.15, -0.1) is 35.7 Å². The molecule has 6 heteroatoms. The molecule has 3 aromatic heterocycles. The zero-order valence-corrected chi connectivity index (χ0v) is 33.7. The molecule has 7 aromatic rings. The molecule has 268 valence electrons. The molecule has 0 spiro atoms. The van der Waals surface area contributed by atoms with Crippen LogP contribution in [-0.4, -0.2) is 19.3 Å². The van der Waals surface area contributed by atoms with Crippen molar-refractivity contribution in [3.8, 4) is 34.1 Å². The van der Waals surface area contributed by atoms with Gasteiger partial charge in [0.25, 0.3) is 0 Å². The van der Waals surface area contributed by atoms with Crippen LogP contribution in [-0.2, 0) is 33.9 Å². The van der Waals surface area contributed by atoms with Gasteiger partial charge in [-0.3, -0.25) is 4.68 Å². The number of nitrogens with zero attached hydrogens (tertiary/aromatic N) is 4. The van der Waals surface area contributed by atoms with E-state index >= 15 is 0 Å². The zero-order chi connectivity index (χ0) is 35.6. The van der Waals surface area contributed by atoms with Gasteiger partial charge in [0.1, 0.15) is 5.82 Å². The molecule has 0 aliphatic carbocycles. The molecule has 0 saturated carbocycles. The fraction of sp³-hybridized carbons (Fsp3) is 0.304. The molecule has 0 aliphatic heterocycles. The van der Waals surface area contributed by atoms with E-state index in [4.69, 9.17) is 14.8 Å². The summed E-state index contributed by atoms with van der Waals surface area (Å²) in [7, 11) is 0. The van der Waals surface area contributed by atoms with E-state index in [1.165, 1.54) is 70.2 Å². The van der Waals surface area contributed by atoms with Crippen molar-refractivity contribution in [3.05, 3.63) is 131 Å². The van der Waals surface area contributed by atoms with Crippen LogP contribution in [0.4, 0.5) is 0 Å². The third-order valence-electron chi connectivity index (χ3n) is 10.5. The molecular weight excluding hydrogens is 820 g/mol. The number of pyridine rings is 1. The molecule has 52 heavy (non-hydrogen) atoms. The van der Waals surface area contributed by atoms with Gasteiger partial charge in [-0.1, -0.05) is 64.3 Å². The number of rotatable bonds is 12. The van der Waals surface area contributed by atoms with Crippen molar-refractivity contribution in [2.75, 3.05) is 0 Å². The Bertz CT molecular complexity index is 2310. The first kappa shape index (κ1) is 37.3. The minimum absolute atomic E-state index is 0. The number of para-hydroxylation sites is 1. The summed E-state index contributed by atoms with van der Waals surface area (Å²) in [6.45, 7) is 15.8. The molecule has 4 aromatic carbocycles. The largest absolute Gasteiger partial charge is 2.00 e. The van der Waals surface area contributed by atoms with E-state index in [1.807, 2.05) is 41.3 Å². The van der Waals surface area contributed by atoms with E-state index in [1.54, 1.807) is 0 Å². The first-order chi connectivity index (χ1) is 24.8. The van der Waals surface area contributed by atoms with E-state index in [9.17, 15) is 0 Å². The van der Waals surface area contributed by atoms with Gasteiger partial charge in [-0.05, 0) is 121 Å². The Hall–Kier alpha value is -4.47. The molecule has 0 radical (unpaired) electrons. The Morgan fingerprint density at radius 2 is 1.48 bits per heavy atom. The average molecular weight is 868 g/mol. The molecule has 0 saturated heterocycles. The van der Waals surface area contributed by atoms with Gasteiger partial charge >= 0.3 is 21.1 Å². The summed E-state index contributed by atoms with van der Waals surface area (Å²) in [6.07, 6.45) is 12.9. The maximum atomic E-state index is 6.47. The Labute approximate surface area is 323 Å². The Balaban J connectivity index is 0.00000464. The van der Waals surface area contributed by atoms with Crippen LogP contribution in [0.5, 0.6) is 11.5 Å². The van der Waals surface area contributed by atoms with Crippen LogP contribution >= 0.6 is 0 Å². The summed E-state index contributed by atoms with van der Waals surface area (Å²) in [5.74, 6) is 2.50. The van der Waals surface area contributed by atoms with Crippen LogP contribution in [0.1, 0.15) is 92.7 Å². The quantitative estimate of drug-likeness (QED) is 0.115. The zero-order valence-electron chi connectivity index (χ0n) is 31.4.